The fourth-order valence-corrected chi connectivity index (χ4v) is 5.19. The smallest absolute Gasteiger partial charge is 0.178 e. The Morgan fingerprint density at radius 2 is 1.82 bits per heavy atom. The van der Waals surface area contributed by atoms with Gasteiger partial charge in [-0.25, -0.2) is 0 Å². The summed E-state index contributed by atoms with van der Waals surface area (Å²) >= 11 is 0. The highest BCUT2D eigenvalue weighted by Gasteiger charge is 2.45. The monoisotopic (exact) mass is 377 g/mol. The van der Waals surface area contributed by atoms with Gasteiger partial charge in [0.25, 0.3) is 0 Å². The average molecular weight is 377 g/mol. The number of hydrogen-bond acceptors (Lipinski definition) is 4. The van der Waals surface area contributed by atoms with Gasteiger partial charge in [0, 0.05) is 34.7 Å². The fraction of sp³-hybridized carbons (Fsp3) is 0.478. The summed E-state index contributed by atoms with van der Waals surface area (Å²) in [5, 5.41) is 19.4. The summed E-state index contributed by atoms with van der Waals surface area (Å²) in [5.74, 6) is 0.145. The third kappa shape index (κ3) is 3.28. The molecular formula is C23H27N3O2. The van der Waals surface area contributed by atoms with Gasteiger partial charge in [-0.2, -0.15) is 5.26 Å². The predicted molar refractivity (Wildman–Crippen MR) is 108 cm³/mol. The van der Waals surface area contributed by atoms with Gasteiger partial charge in [-0.1, -0.05) is 0 Å². The maximum absolute atomic E-state index is 13.2. The minimum Gasteiger partial charge on any atom is -0.390 e. The molecule has 146 valence electrons. The van der Waals surface area contributed by atoms with Crippen LogP contribution in [-0.2, 0) is 0 Å². The molecule has 0 amide bonds. The van der Waals surface area contributed by atoms with Crippen LogP contribution in [0.4, 0.5) is 0 Å². The number of rotatable bonds is 4. The summed E-state index contributed by atoms with van der Waals surface area (Å²) in [5.41, 5.74) is 3.69. The highest BCUT2D eigenvalue weighted by Crippen LogP contribution is 2.40. The van der Waals surface area contributed by atoms with Gasteiger partial charge >= 0.3 is 0 Å². The van der Waals surface area contributed by atoms with E-state index in [4.69, 9.17) is 5.26 Å². The molecule has 28 heavy (non-hydrogen) atoms. The van der Waals surface area contributed by atoms with Crippen molar-refractivity contribution < 1.29 is 9.90 Å². The van der Waals surface area contributed by atoms with Crippen molar-refractivity contribution in [2.45, 2.75) is 64.1 Å². The number of Topliss-reactive ketones (excluding diaryl/α,β-unsaturated/α-hetero) is 1. The Morgan fingerprint density at radius 1 is 1.21 bits per heavy atom. The summed E-state index contributed by atoms with van der Waals surface area (Å²) in [7, 11) is 0. The molecule has 2 aromatic rings. The predicted octanol–water partition coefficient (Wildman–Crippen LogP) is 3.53. The largest absolute Gasteiger partial charge is 0.390 e. The third-order valence-electron chi connectivity index (χ3n) is 6.43. The molecule has 3 atom stereocenters. The number of benzene rings is 1. The second kappa shape index (κ2) is 6.88. The molecule has 1 aromatic carbocycles. The van der Waals surface area contributed by atoms with Crippen LogP contribution < -0.4 is 0 Å². The van der Waals surface area contributed by atoms with E-state index in [1.165, 1.54) is 0 Å². The SMILES string of the molecule is Cc1cc(C(=O)CN2C3CC[C@@H]2C[C@@](C)(O)C3)c(C)n1-c1ccc(C#N)cc1. The Hall–Kier alpha value is -2.42. The van der Waals surface area contributed by atoms with Crippen LogP contribution in [0.25, 0.3) is 5.69 Å². The zero-order chi connectivity index (χ0) is 20.1. The van der Waals surface area contributed by atoms with E-state index >= 15 is 0 Å². The van der Waals surface area contributed by atoms with Gasteiger partial charge in [-0.3, -0.25) is 9.69 Å². The third-order valence-corrected chi connectivity index (χ3v) is 6.43. The maximum atomic E-state index is 13.2. The molecule has 3 heterocycles. The first-order chi connectivity index (χ1) is 13.3. The molecule has 1 N–H and O–H groups in total. The molecule has 5 heteroatoms. The van der Waals surface area contributed by atoms with Crippen LogP contribution in [0.3, 0.4) is 0 Å². The zero-order valence-corrected chi connectivity index (χ0v) is 16.8. The van der Waals surface area contributed by atoms with Crippen molar-refractivity contribution in [1.82, 2.24) is 9.47 Å². The molecule has 1 unspecified atom stereocenters. The Bertz CT molecular complexity index is 933. The quantitative estimate of drug-likeness (QED) is 0.828. The molecule has 4 rings (SSSR count). The summed E-state index contributed by atoms with van der Waals surface area (Å²) in [6.45, 7) is 6.32. The van der Waals surface area contributed by atoms with Gasteiger partial charge in [0.05, 0.1) is 23.8 Å². The molecule has 2 bridgehead atoms. The summed E-state index contributed by atoms with van der Waals surface area (Å²) < 4.78 is 2.07. The highest BCUT2D eigenvalue weighted by atomic mass is 16.3. The van der Waals surface area contributed by atoms with E-state index < -0.39 is 5.60 Å². The topological polar surface area (TPSA) is 69.3 Å². The fourth-order valence-electron chi connectivity index (χ4n) is 5.19. The number of ketones is 1. The van der Waals surface area contributed by atoms with E-state index in [9.17, 15) is 9.90 Å². The lowest BCUT2D eigenvalue weighted by Gasteiger charge is -2.41. The Balaban J connectivity index is 1.57. The van der Waals surface area contributed by atoms with Crippen LogP contribution in [0, 0.1) is 25.2 Å². The molecule has 2 saturated heterocycles. The molecule has 0 spiro atoms. The number of carbonyl (C=O) groups excluding carboxylic acids is 1. The standard InChI is InChI=1S/C23H27N3O2/c1-15-10-21(16(2)26(15)18-6-4-17(13-24)5-7-18)22(27)14-25-19-8-9-20(25)12-23(3,28)11-19/h4-7,10,19-20,28H,8-9,11-12,14H2,1-3H3/t19-,20?,23-/m1/s1. The van der Waals surface area contributed by atoms with Crippen LogP contribution in [0.2, 0.25) is 0 Å². The molecule has 0 aliphatic carbocycles. The van der Waals surface area contributed by atoms with Crippen molar-refractivity contribution in [2.75, 3.05) is 6.54 Å². The first-order valence-electron chi connectivity index (χ1n) is 10.00. The summed E-state index contributed by atoms with van der Waals surface area (Å²) in [4.78, 5) is 15.5. The molecule has 2 aliphatic heterocycles. The number of fused-ring (bicyclic) bond motifs is 2. The van der Waals surface area contributed by atoms with Gasteiger partial charge in [-0.05, 0) is 76.8 Å². The molecule has 0 saturated carbocycles. The van der Waals surface area contributed by atoms with Gasteiger partial charge in [0.15, 0.2) is 5.78 Å². The summed E-state index contributed by atoms with van der Waals surface area (Å²) in [6, 6.07) is 12.1. The number of piperidine rings is 1. The molecule has 0 radical (unpaired) electrons. The van der Waals surface area contributed by atoms with E-state index in [-0.39, 0.29) is 5.78 Å². The lowest BCUT2D eigenvalue weighted by molar-refractivity contribution is -0.0360. The van der Waals surface area contributed by atoms with Gasteiger partial charge in [-0.15, -0.1) is 0 Å². The molecule has 2 fully saturated rings. The summed E-state index contributed by atoms with van der Waals surface area (Å²) in [6.07, 6.45) is 3.64. The minimum atomic E-state index is -0.600. The highest BCUT2D eigenvalue weighted by molar-refractivity contribution is 5.99. The Morgan fingerprint density at radius 3 is 2.39 bits per heavy atom. The van der Waals surface area contributed by atoms with Crippen molar-refractivity contribution >= 4 is 5.78 Å². The maximum Gasteiger partial charge on any atom is 0.178 e. The first kappa shape index (κ1) is 18.9. The van der Waals surface area contributed by atoms with E-state index in [1.807, 2.05) is 39.0 Å². The second-order valence-corrected chi connectivity index (χ2v) is 8.66. The van der Waals surface area contributed by atoms with Crippen LogP contribution in [0.15, 0.2) is 30.3 Å². The van der Waals surface area contributed by atoms with Crippen LogP contribution in [0.1, 0.15) is 59.9 Å². The minimum absolute atomic E-state index is 0.145. The van der Waals surface area contributed by atoms with Gasteiger partial charge < -0.3 is 9.67 Å². The van der Waals surface area contributed by atoms with Crippen molar-refractivity contribution in [3.63, 3.8) is 0 Å². The zero-order valence-electron chi connectivity index (χ0n) is 16.8. The van der Waals surface area contributed by atoms with E-state index in [0.717, 1.165) is 48.3 Å². The van der Waals surface area contributed by atoms with Gasteiger partial charge in [0.2, 0.25) is 0 Å². The van der Waals surface area contributed by atoms with Crippen LogP contribution >= 0.6 is 0 Å². The van der Waals surface area contributed by atoms with Crippen molar-refractivity contribution in [1.29, 1.82) is 5.26 Å². The number of aromatic nitrogens is 1. The van der Waals surface area contributed by atoms with E-state index in [2.05, 4.69) is 15.5 Å². The lowest BCUT2D eigenvalue weighted by atomic mass is 9.87. The number of aryl methyl sites for hydroxylation is 1. The number of nitrogens with zero attached hydrogens (tertiary/aromatic N) is 3. The van der Waals surface area contributed by atoms with Crippen molar-refractivity contribution in [2.24, 2.45) is 0 Å². The van der Waals surface area contributed by atoms with E-state index in [0.29, 0.717) is 24.2 Å². The number of aliphatic hydroxyl groups is 1. The normalized spacial score (nSPS) is 27.0. The first-order valence-corrected chi connectivity index (χ1v) is 10.00. The molecule has 2 aliphatic rings. The number of carbonyl (C=O) groups is 1. The average Bonchev–Trinajstić information content (AvgIpc) is 3.08. The molecule has 5 nitrogen and oxygen atoms in total. The van der Waals surface area contributed by atoms with Crippen molar-refractivity contribution in [3.05, 3.63) is 52.8 Å². The van der Waals surface area contributed by atoms with E-state index in [1.54, 1.807) is 12.1 Å². The lowest BCUT2D eigenvalue weighted by Crippen LogP contribution is -2.51. The Kier molecular flexibility index (Phi) is 4.65. The number of nitriles is 1. The Labute approximate surface area is 166 Å². The molecular weight excluding hydrogens is 350 g/mol. The molecule has 1 aromatic heterocycles. The van der Waals surface area contributed by atoms with Crippen LogP contribution in [-0.4, -0.2) is 44.6 Å². The van der Waals surface area contributed by atoms with Gasteiger partial charge in [0.1, 0.15) is 0 Å². The second-order valence-electron chi connectivity index (χ2n) is 8.66. The van der Waals surface area contributed by atoms with Crippen LogP contribution in [0.5, 0.6) is 0 Å². The van der Waals surface area contributed by atoms with Crippen molar-refractivity contribution in [3.8, 4) is 11.8 Å². The number of hydrogen-bond donors (Lipinski definition) is 1.